The lowest BCUT2D eigenvalue weighted by molar-refractivity contribution is -0.123. The van der Waals surface area contributed by atoms with Crippen LogP contribution >= 0.6 is 0 Å². The maximum absolute atomic E-state index is 11.8. The van der Waals surface area contributed by atoms with Gasteiger partial charge in [0.05, 0.1) is 18.9 Å². The first kappa shape index (κ1) is 15.7. The summed E-state index contributed by atoms with van der Waals surface area (Å²) in [4.78, 5) is 13.8. The van der Waals surface area contributed by atoms with Crippen molar-refractivity contribution in [2.45, 2.75) is 18.9 Å². The minimum atomic E-state index is -3.11. The van der Waals surface area contributed by atoms with Crippen LogP contribution in [0.5, 0.6) is 0 Å². The molecule has 116 valence electrons. The van der Waals surface area contributed by atoms with Crippen LogP contribution in [0.25, 0.3) is 0 Å². The molecule has 2 saturated heterocycles. The molecule has 0 aromatic carbocycles. The van der Waals surface area contributed by atoms with Gasteiger partial charge in [0.15, 0.2) is 0 Å². The fraction of sp³-hybridized carbons (Fsp3) is 0.917. The summed E-state index contributed by atoms with van der Waals surface area (Å²) in [5.74, 6) is -0.0201. The van der Waals surface area contributed by atoms with Crippen molar-refractivity contribution in [2.75, 3.05) is 52.1 Å². The van der Waals surface area contributed by atoms with Crippen molar-refractivity contribution in [3.63, 3.8) is 0 Å². The molecule has 0 aliphatic carbocycles. The van der Waals surface area contributed by atoms with Gasteiger partial charge in [0.2, 0.25) is 15.9 Å². The molecule has 0 aromatic heterocycles. The molecule has 8 heteroatoms. The second-order valence-electron chi connectivity index (χ2n) is 5.38. The van der Waals surface area contributed by atoms with E-state index in [1.165, 1.54) is 10.6 Å². The molecule has 0 radical (unpaired) electrons. The van der Waals surface area contributed by atoms with E-state index in [0.717, 1.165) is 19.4 Å². The fourth-order valence-electron chi connectivity index (χ4n) is 2.51. The third-order valence-electron chi connectivity index (χ3n) is 3.72. The van der Waals surface area contributed by atoms with Crippen LogP contribution in [0.15, 0.2) is 0 Å². The first-order chi connectivity index (χ1) is 9.45. The zero-order valence-electron chi connectivity index (χ0n) is 11.9. The standard InChI is InChI=1S/C12H23N3O4S/c1-20(17,18)15-6-4-14(5-7-15)10-12(16)13-9-11-3-2-8-19-11/h11H,2-10H2,1H3,(H,13,16). The van der Waals surface area contributed by atoms with Gasteiger partial charge in [-0.2, -0.15) is 4.31 Å². The monoisotopic (exact) mass is 305 g/mol. The van der Waals surface area contributed by atoms with E-state index in [-0.39, 0.29) is 12.0 Å². The Hall–Kier alpha value is -0.700. The van der Waals surface area contributed by atoms with Gasteiger partial charge in [0.25, 0.3) is 0 Å². The molecule has 7 nitrogen and oxygen atoms in total. The van der Waals surface area contributed by atoms with Crippen LogP contribution in [-0.4, -0.2) is 81.8 Å². The Morgan fingerprint density at radius 2 is 2.00 bits per heavy atom. The molecule has 1 amide bonds. The van der Waals surface area contributed by atoms with Gasteiger partial charge in [0, 0.05) is 39.3 Å². The van der Waals surface area contributed by atoms with Gasteiger partial charge >= 0.3 is 0 Å². The number of hydrogen-bond donors (Lipinski definition) is 1. The summed E-state index contributed by atoms with van der Waals surface area (Å²) in [5.41, 5.74) is 0. The van der Waals surface area contributed by atoms with Gasteiger partial charge in [-0.1, -0.05) is 0 Å². The highest BCUT2D eigenvalue weighted by Gasteiger charge is 2.24. The largest absolute Gasteiger partial charge is 0.376 e. The summed E-state index contributed by atoms with van der Waals surface area (Å²) >= 11 is 0. The van der Waals surface area contributed by atoms with Crippen molar-refractivity contribution in [3.05, 3.63) is 0 Å². The van der Waals surface area contributed by atoms with Crippen LogP contribution in [0.2, 0.25) is 0 Å². The molecule has 1 N–H and O–H groups in total. The van der Waals surface area contributed by atoms with E-state index >= 15 is 0 Å². The predicted octanol–water partition coefficient (Wildman–Crippen LogP) is -1.14. The van der Waals surface area contributed by atoms with E-state index in [2.05, 4.69) is 5.32 Å². The number of nitrogens with one attached hydrogen (secondary N) is 1. The zero-order valence-corrected chi connectivity index (χ0v) is 12.7. The van der Waals surface area contributed by atoms with Crippen LogP contribution in [0.3, 0.4) is 0 Å². The van der Waals surface area contributed by atoms with Crippen LogP contribution < -0.4 is 5.32 Å². The van der Waals surface area contributed by atoms with Gasteiger partial charge in [0.1, 0.15) is 0 Å². The molecule has 0 saturated carbocycles. The maximum atomic E-state index is 11.8. The number of carbonyl (C=O) groups is 1. The Morgan fingerprint density at radius 1 is 1.30 bits per heavy atom. The van der Waals surface area contributed by atoms with Gasteiger partial charge < -0.3 is 10.1 Å². The second kappa shape index (κ2) is 6.84. The molecule has 2 heterocycles. The normalized spacial score (nSPS) is 25.8. The number of ether oxygens (including phenoxy) is 1. The number of amides is 1. The predicted molar refractivity (Wildman–Crippen MR) is 74.8 cm³/mol. The van der Waals surface area contributed by atoms with Gasteiger partial charge in [-0.25, -0.2) is 8.42 Å². The Kier molecular flexibility index (Phi) is 5.36. The lowest BCUT2D eigenvalue weighted by atomic mass is 10.2. The summed E-state index contributed by atoms with van der Waals surface area (Å²) in [6, 6.07) is 0. The van der Waals surface area contributed by atoms with Gasteiger partial charge in [-0.3, -0.25) is 9.69 Å². The SMILES string of the molecule is CS(=O)(=O)N1CCN(CC(=O)NCC2CCCO2)CC1. The number of hydrogen-bond acceptors (Lipinski definition) is 5. The summed E-state index contributed by atoms with van der Waals surface area (Å²) in [6.45, 7) is 3.79. The van der Waals surface area contributed by atoms with Crippen molar-refractivity contribution in [3.8, 4) is 0 Å². The number of sulfonamides is 1. The highest BCUT2D eigenvalue weighted by molar-refractivity contribution is 7.88. The summed E-state index contributed by atoms with van der Waals surface area (Å²) < 4.78 is 29.7. The van der Waals surface area contributed by atoms with E-state index in [4.69, 9.17) is 4.74 Å². The second-order valence-corrected chi connectivity index (χ2v) is 7.36. The highest BCUT2D eigenvalue weighted by Crippen LogP contribution is 2.10. The first-order valence-electron chi connectivity index (χ1n) is 7.01. The number of rotatable bonds is 5. The van der Waals surface area contributed by atoms with Crippen molar-refractivity contribution in [1.82, 2.24) is 14.5 Å². The Labute approximate surface area is 120 Å². The van der Waals surface area contributed by atoms with Gasteiger partial charge in [-0.15, -0.1) is 0 Å². The lowest BCUT2D eigenvalue weighted by Crippen LogP contribution is -2.51. The minimum absolute atomic E-state index is 0.0201. The van der Waals surface area contributed by atoms with Gasteiger partial charge in [-0.05, 0) is 12.8 Å². The van der Waals surface area contributed by atoms with Crippen LogP contribution in [0.4, 0.5) is 0 Å². The number of piperazine rings is 1. The minimum Gasteiger partial charge on any atom is -0.376 e. The summed E-state index contributed by atoms with van der Waals surface area (Å²) in [5, 5.41) is 2.88. The van der Waals surface area contributed by atoms with E-state index in [9.17, 15) is 13.2 Å². The lowest BCUT2D eigenvalue weighted by Gasteiger charge is -2.32. The topological polar surface area (TPSA) is 79.0 Å². The number of carbonyl (C=O) groups excluding carboxylic acids is 1. The molecular weight excluding hydrogens is 282 g/mol. The molecule has 2 aliphatic heterocycles. The maximum Gasteiger partial charge on any atom is 0.234 e. The van der Waals surface area contributed by atoms with E-state index in [1.807, 2.05) is 4.90 Å². The molecule has 1 unspecified atom stereocenters. The van der Waals surface area contributed by atoms with Crippen LogP contribution in [-0.2, 0) is 19.6 Å². The molecule has 2 aliphatic rings. The van der Waals surface area contributed by atoms with E-state index in [1.54, 1.807) is 0 Å². The third kappa shape index (κ3) is 4.69. The summed E-state index contributed by atoms with van der Waals surface area (Å²) in [7, 11) is -3.11. The van der Waals surface area contributed by atoms with E-state index < -0.39 is 10.0 Å². The molecule has 0 spiro atoms. The zero-order chi connectivity index (χ0) is 14.6. The van der Waals surface area contributed by atoms with Crippen LogP contribution in [0.1, 0.15) is 12.8 Å². The Balaban J connectivity index is 1.65. The molecule has 1 atom stereocenters. The fourth-order valence-corrected chi connectivity index (χ4v) is 3.34. The van der Waals surface area contributed by atoms with Crippen LogP contribution in [0, 0.1) is 0 Å². The molecule has 2 rings (SSSR count). The smallest absolute Gasteiger partial charge is 0.234 e. The quantitative estimate of drug-likeness (QED) is 0.694. The van der Waals surface area contributed by atoms with E-state index in [0.29, 0.717) is 39.3 Å². The van der Waals surface area contributed by atoms with Crippen molar-refractivity contribution < 1.29 is 17.9 Å². The Morgan fingerprint density at radius 3 is 2.55 bits per heavy atom. The van der Waals surface area contributed by atoms with Crippen molar-refractivity contribution in [2.24, 2.45) is 0 Å². The third-order valence-corrected chi connectivity index (χ3v) is 5.02. The van der Waals surface area contributed by atoms with Crippen molar-refractivity contribution in [1.29, 1.82) is 0 Å². The molecule has 0 bridgehead atoms. The average Bonchev–Trinajstić information content (AvgIpc) is 2.89. The molecule has 2 fully saturated rings. The highest BCUT2D eigenvalue weighted by atomic mass is 32.2. The Bertz CT molecular complexity index is 426. The first-order valence-corrected chi connectivity index (χ1v) is 8.86. The molecule has 0 aromatic rings. The summed E-state index contributed by atoms with van der Waals surface area (Å²) in [6.07, 6.45) is 3.44. The molecule has 20 heavy (non-hydrogen) atoms. The number of nitrogens with zero attached hydrogens (tertiary/aromatic N) is 2. The van der Waals surface area contributed by atoms with Crippen molar-refractivity contribution >= 4 is 15.9 Å². The molecular formula is C12H23N3O4S. The average molecular weight is 305 g/mol.